The molecule has 0 aliphatic rings. The summed E-state index contributed by atoms with van der Waals surface area (Å²) < 4.78 is 79.4. The molecule has 11 heteroatoms. The molecule has 5 nitrogen and oxygen atoms in total. The molecule has 0 heterocycles. The molecule has 0 aliphatic heterocycles. The van der Waals surface area contributed by atoms with Gasteiger partial charge in [0.25, 0.3) is 0 Å². The van der Waals surface area contributed by atoms with Crippen molar-refractivity contribution in [2.75, 3.05) is 11.9 Å². The zero-order valence-corrected chi connectivity index (χ0v) is 18.4. The van der Waals surface area contributed by atoms with Gasteiger partial charge >= 0.3 is 6.18 Å². The minimum absolute atomic E-state index is 0.0392. The standard InChI is InChI=1S/C22H17ClF4N2O3S/c23-17-7-11-19(12-8-17)33(31,32)29(13-15-3-1-2-4-20(15)24)14-21(30)28-18-9-5-16(6-10-18)22(25,26)27/h1-12H,13-14H2,(H,28,30). The Morgan fingerprint density at radius 3 is 2.12 bits per heavy atom. The second kappa shape index (κ2) is 9.90. The third kappa shape index (κ3) is 6.31. The molecule has 0 saturated heterocycles. The molecule has 0 aliphatic carbocycles. The molecule has 0 spiro atoms. The number of benzene rings is 3. The fourth-order valence-corrected chi connectivity index (χ4v) is 4.40. The first-order chi connectivity index (χ1) is 15.5. The van der Waals surface area contributed by atoms with E-state index in [1.165, 1.54) is 42.5 Å². The molecule has 0 atom stereocenters. The van der Waals surface area contributed by atoms with Crippen molar-refractivity contribution in [3.63, 3.8) is 0 Å². The Labute approximate surface area is 192 Å². The van der Waals surface area contributed by atoms with Gasteiger partial charge in [-0.3, -0.25) is 4.79 Å². The van der Waals surface area contributed by atoms with Gasteiger partial charge in [0.15, 0.2) is 0 Å². The second-order valence-corrected chi connectivity index (χ2v) is 9.32. The van der Waals surface area contributed by atoms with E-state index < -0.39 is 46.6 Å². The summed E-state index contributed by atoms with van der Waals surface area (Å²) in [6, 6.07) is 14.4. The van der Waals surface area contributed by atoms with Gasteiger partial charge in [-0.05, 0) is 54.6 Å². The van der Waals surface area contributed by atoms with Crippen LogP contribution in [0.5, 0.6) is 0 Å². The average molecular weight is 501 g/mol. The van der Waals surface area contributed by atoms with Gasteiger partial charge in [0.05, 0.1) is 17.0 Å². The molecule has 0 radical (unpaired) electrons. The number of halogens is 5. The van der Waals surface area contributed by atoms with Crippen LogP contribution in [0.25, 0.3) is 0 Å². The molecule has 3 aromatic rings. The SMILES string of the molecule is O=C(CN(Cc1ccccc1F)S(=O)(=O)c1ccc(Cl)cc1)Nc1ccc(C(F)(F)F)cc1. The zero-order valence-electron chi connectivity index (χ0n) is 16.8. The normalized spacial score (nSPS) is 12.1. The summed E-state index contributed by atoms with van der Waals surface area (Å²) in [7, 11) is -4.25. The summed E-state index contributed by atoms with van der Waals surface area (Å²) in [6.45, 7) is -1.15. The molecule has 3 rings (SSSR count). The van der Waals surface area contributed by atoms with Gasteiger partial charge in [-0.1, -0.05) is 29.8 Å². The highest BCUT2D eigenvalue weighted by atomic mass is 35.5. The number of alkyl halides is 3. The van der Waals surface area contributed by atoms with Crippen LogP contribution in [0.3, 0.4) is 0 Å². The Balaban J connectivity index is 1.85. The van der Waals surface area contributed by atoms with Gasteiger partial charge in [-0.15, -0.1) is 0 Å². The lowest BCUT2D eigenvalue weighted by molar-refractivity contribution is -0.137. The molecule has 33 heavy (non-hydrogen) atoms. The first-order valence-corrected chi connectivity index (χ1v) is 11.2. The Hall–Kier alpha value is -2.95. The van der Waals surface area contributed by atoms with Crippen molar-refractivity contribution in [2.24, 2.45) is 0 Å². The maximum atomic E-state index is 14.2. The van der Waals surface area contributed by atoms with Crippen LogP contribution in [0.1, 0.15) is 11.1 Å². The van der Waals surface area contributed by atoms with Crippen molar-refractivity contribution in [1.29, 1.82) is 0 Å². The van der Waals surface area contributed by atoms with Crippen molar-refractivity contribution >= 4 is 33.2 Å². The van der Waals surface area contributed by atoms with Gasteiger partial charge in [-0.25, -0.2) is 12.8 Å². The van der Waals surface area contributed by atoms with Crippen molar-refractivity contribution in [1.82, 2.24) is 4.31 Å². The van der Waals surface area contributed by atoms with Crippen LogP contribution in [0.2, 0.25) is 5.02 Å². The van der Waals surface area contributed by atoms with E-state index in [0.717, 1.165) is 34.6 Å². The van der Waals surface area contributed by atoms with Crippen LogP contribution in [0, 0.1) is 5.82 Å². The van der Waals surface area contributed by atoms with E-state index in [-0.39, 0.29) is 16.1 Å². The summed E-state index contributed by atoms with van der Waals surface area (Å²) in [6.07, 6.45) is -4.54. The number of sulfonamides is 1. The third-order valence-corrected chi connectivity index (χ3v) is 6.63. The number of nitrogens with zero attached hydrogens (tertiary/aromatic N) is 1. The molecule has 0 fully saturated rings. The molecule has 1 N–H and O–H groups in total. The van der Waals surface area contributed by atoms with Gasteiger partial charge in [0, 0.05) is 22.8 Å². The summed E-state index contributed by atoms with van der Waals surface area (Å²) in [4.78, 5) is 12.4. The minimum atomic E-state index is -4.54. The van der Waals surface area contributed by atoms with E-state index in [4.69, 9.17) is 11.6 Å². The van der Waals surface area contributed by atoms with E-state index in [2.05, 4.69) is 5.32 Å². The van der Waals surface area contributed by atoms with Crippen LogP contribution >= 0.6 is 11.6 Å². The lowest BCUT2D eigenvalue weighted by Crippen LogP contribution is -2.37. The smallest absolute Gasteiger partial charge is 0.325 e. The Morgan fingerprint density at radius 1 is 0.939 bits per heavy atom. The number of carbonyl (C=O) groups excluding carboxylic acids is 1. The van der Waals surface area contributed by atoms with Crippen LogP contribution in [0.4, 0.5) is 23.2 Å². The minimum Gasteiger partial charge on any atom is -0.325 e. The van der Waals surface area contributed by atoms with Crippen LogP contribution < -0.4 is 5.32 Å². The summed E-state index contributed by atoms with van der Waals surface area (Å²) in [5.74, 6) is -1.47. The maximum absolute atomic E-state index is 14.2. The number of nitrogens with one attached hydrogen (secondary N) is 1. The highest BCUT2D eigenvalue weighted by molar-refractivity contribution is 7.89. The number of hydrogen-bond donors (Lipinski definition) is 1. The Kier molecular flexibility index (Phi) is 7.41. The van der Waals surface area contributed by atoms with E-state index in [1.54, 1.807) is 0 Å². The number of hydrogen-bond acceptors (Lipinski definition) is 3. The molecule has 3 aromatic carbocycles. The van der Waals surface area contributed by atoms with Crippen molar-refractivity contribution in [3.8, 4) is 0 Å². The monoisotopic (exact) mass is 500 g/mol. The molecule has 0 bridgehead atoms. The van der Waals surface area contributed by atoms with E-state index in [9.17, 15) is 30.8 Å². The highest BCUT2D eigenvalue weighted by Gasteiger charge is 2.30. The Bertz CT molecular complexity index is 1230. The number of rotatable bonds is 7. The molecule has 1 amide bonds. The quantitative estimate of drug-likeness (QED) is 0.446. The second-order valence-electron chi connectivity index (χ2n) is 6.94. The highest BCUT2D eigenvalue weighted by Crippen LogP contribution is 2.30. The van der Waals surface area contributed by atoms with Gasteiger partial charge in [0.2, 0.25) is 15.9 Å². The predicted molar refractivity (Wildman–Crippen MR) is 116 cm³/mol. The molecule has 0 aromatic heterocycles. The number of amides is 1. The van der Waals surface area contributed by atoms with E-state index in [0.29, 0.717) is 5.02 Å². The largest absolute Gasteiger partial charge is 0.416 e. The summed E-state index contributed by atoms with van der Waals surface area (Å²) in [5.41, 5.74) is -0.813. The maximum Gasteiger partial charge on any atom is 0.416 e. The fourth-order valence-electron chi connectivity index (χ4n) is 2.90. The molecular weight excluding hydrogens is 484 g/mol. The third-order valence-electron chi connectivity index (χ3n) is 4.57. The van der Waals surface area contributed by atoms with Gasteiger partial charge in [0.1, 0.15) is 5.82 Å². The predicted octanol–water partition coefficient (Wildman–Crippen LogP) is 5.33. The Morgan fingerprint density at radius 2 is 1.55 bits per heavy atom. The summed E-state index contributed by atoms with van der Waals surface area (Å²) in [5, 5.41) is 2.66. The van der Waals surface area contributed by atoms with Crippen LogP contribution in [-0.4, -0.2) is 25.2 Å². The fraction of sp³-hybridized carbons (Fsp3) is 0.136. The van der Waals surface area contributed by atoms with Crippen molar-refractivity contribution < 1.29 is 30.8 Å². The molecule has 174 valence electrons. The molecule has 0 unspecified atom stereocenters. The summed E-state index contributed by atoms with van der Waals surface area (Å²) >= 11 is 5.81. The number of anilines is 1. The van der Waals surface area contributed by atoms with E-state index in [1.807, 2.05) is 0 Å². The van der Waals surface area contributed by atoms with Crippen molar-refractivity contribution in [3.05, 3.63) is 94.8 Å². The topological polar surface area (TPSA) is 66.5 Å². The first-order valence-electron chi connectivity index (χ1n) is 9.43. The van der Waals surface area contributed by atoms with Crippen LogP contribution in [0.15, 0.2) is 77.7 Å². The lowest BCUT2D eigenvalue weighted by Gasteiger charge is -2.22. The molecular formula is C22H17ClF4N2O3S. The molecule has 0 saturated carbocycles. The first kappa shape index (κ1) is 24.7. The zero-order chi connectivity index (χ0) is 24.2. The van der Waals surface area contributed by atoms with Crippen LogP contribution in [-0.2, 0) is 27.5 Å². The van der Waals surface area contributed by atoms with Gasteiger partial charge < -0.3 is 5.32 Å². The number of carbonyl (C=O) groups is 1. The lowest BCUT2D eigenvalue weighted by atomic mass is 10.2. The average Bonchev–Trinajstić information content (AvgIpc) is 2.75. The van der Waals surface area contributed by atoms with Gasteiger partial charge in [-0.2, -0.15) is 17.5 Å². The van der Waals surface area contributed by atoms with E-state index >= 15 is 0 Å². The van der Waals surface area contributed by atoms with Crippen molar-refractivity contribution in [2.45, 2.75) is 17.6 Å².